The molecule has 0 rings (SSSR count). The van der Waals surface area contributed by atoms with Crippen LogP contribution in [0.1, 0.15) is 317 Å². The van der Waals surface area contributed by atoms with Gasteiger partial charge in [-0.1, -0.05) is 266 Å². The fourth-order valence-corrected chi connectivity index (χ4v) is 11.0. The molecule has 0 aliphatic carbocycles. The van der Waals surface area contributed by atoms with Gasteiger partial charge in [0.25, 0.3) is 0 Å². The standard InChI is InChI=1S/C63H122O17P2/c1-6-9-12-15-18-20-22-27-32-37-42-47-61(66)74-53-59(80-63(68)49-44-39-34-29-25-24-26-31-35-40-45-56(4)5)55-78-82(71,72)76-51-57(64)50-75-81(69,70)77-54-58(52-73-60(65)46-41-36-30-17-14-11-8-3)79-62(67)48-43-38-33-28-23-21-19-16-13-10-7-2/h56-59,64H,6-55H2,1-5H3,(H,69,70)(H,71,72)/t57-,58+,59+/m0/s1. The lowest BCUT2D eigenvalue weighted by Crippen LogP contribution is -2.30. The number of hydrogen-bond donors (Lipinski definition) is 3. The molecule has 0 heterocycles. The van der Waals surface area contributed by atoms with Crippen LogP contribution in [0, 0.1) is 5.92 Å². The lowest BCUT2D eigenvalue weighted by Gasteiger charge is -2.21. The van der Waals surface area contributed by atoms with Gasteiger partial charge in [-0.15, -0.1) is 0 Å². The van der Waals surface area contributed by atoms with Gasteiger partial charge >= 0.3 is 39.5 Å². The second kappa shape index (κ2) is 56.8. The van der Waals surface area contributed by atoms with Crippen molar-refractivity contribution in [2.24, 2.45) is 5.92 Å². The fourth-order valence-electron chi connectivity index (χ4n) is 9.41. The molecule has 0 saturated carbocycles. The van der Waals surface area contributed by atoms with E-state index in [2.05, 4.69) is 34.6 Å². The van der Waals surface area contributed by atoms with E-state index in [1.54, 1.807) is 0 Å². The molecule has 0 aliphatic heterocycles. The Morgan fingerprint density at radius 3 is 0.829 bits per heavy atom. The SMILES string of the molecule is CCCCCCCCCCCCCC(=O)OC[C@H](COP(=O)(O)OC[C@@H](O)COP(=O)(O)OC[C@@H](COC(=O)CCCCCCCCC)OC(=O)CCCCCCCCCCCCC)OC(=O)CCCCCCCCCCCCC(C)C. The van der Waals surface area contributed by atoms with Crippen molar-refractivity contribution in [3.05, 3.63) is 0 Å². The third-order valence-electron chi connectivity index (χ3n) is 14.5. The van der Waals surface area contributed by atoms with E-state index in [0.29, 0.717) is 25.7 Å². The van der Waals surface area contributed by atoms with Crippen molar-refractivity contribution in [3.8, 4) is 0 Å². The maximum atomic E-state index is 13.0. The van der Waals surface area contributed by atoms with E-state index in [9.17, 15) is 43.2 Å². The summed E-state index contributed by atoms with van der Waals surface area (Å²) in [4.78, 5) is 72.1. The normalized spacial score (nSPS) is 14.3. The van der Waals surface area contributed by atoms with Crippen LogP contribution in [0.25, 0.3) is 0 Å². The molecular formula is C63H122O17P2. The highest BCUT2D eigenvalue weighted by atomic mass is 31.2. The van der Waals surface area contributed by atoms with Crippen LogP contribution in [-0.4, -0.2) is 96.7 Å². The number of hydrogen-bond acceptors (Lipinski definition) is 15. The van der Waals surface area contributed by atoms with Crippen LogP contribution < -0.4 is 0 Å². The third kappa shape index (κ3) is 57.2. The van der Waals surface area contributed by atoms with Crippen LogP contribution in [0.3, 0.4) is 0 Å². The molecule has 3 N–H and O–H groups in total. The Hall–Kier alpha value is -1.94. The van der Waals surface area contributed by atoms with Crippen molar-refractivity contribution in [3.63, 3.8) is 0 Å². The van der Waals surface area contributed by atoms with E-state index >= 15 is 0 Å². The number of phosphoric ester groups is 2. The maximum Gasteiger partial charge on any atom is 0.472 e. The van der Waals surface area contributed by atoms with Gasteiger partial charge in [-0.05, 0) is 31.6 Å². The van der Waals surface area contributed by atoms with Gasteiger partial charge in [0.2, 0.25) is 0 Å². The van der Waals surface area contributed by atoms with Gasteiger partial charge in [-0.25, -0.2) is 9.13 Å². The van der Waals surface area contributed by atoms with Gasteiger partial charge in [0.1, 0.15) is 19.3 Å². The van der Waals surface area contributed by atoms with Gasteiger partial charge in [0, 0.05) is 25.7 Å². The van der Waals surface area contributed by atoms with Crippen molar-refractivity contribution < 1.29 is 80.2 Å². The topological polar surface area (TPSA) is 237 Å². The first-order chi connectivity index (χ1) is 39.5. The molecule has 17 nitrogen and oxygen atoms in total. The zero-order valence-electron chi connectivity index (χ0n) is 52.6. The van der Waals surface area contributed by atoms with Crippen molar-refractivity contribution in [2.45, 2.75) is 335 Å². The minimum Gasteiger partial charge on any atom is -0.462 e. The Morgan fingerprint density at radius 2 is 0.561 bits per heavy atom. The summed E-state index contributed by atoms with van der Waals surface area (Å²) in [7, 11) is -9.88. The van der Waals surface area contributed by atoms with E-state index < -0.39 is 97.5 Å². The molecule has 82 heavy (non-hydrogen) atoms. The van der Waals surface area contributed by atoms with Gasteiger partial charge < -0.3 is 33.8 Å². The second-order valence-corrected chi connectivity index (χ2v) is 26.2. The van der Waals surface area contributed by atoms with Gasteiger partial charge in [-0.3, -0.25) is 37.3 Å². The molecule has 0 bridgehead atoms. The number of unbranched alkanes of at least 4 members (excludes halogenated alkanes) is 35. The van der Waals surface area contributed by atoms with Gasteiger partial charge in [0.05, 0.1) is 26.4 Å². The zero-order chi connectivity index (χ0) is 60.6. The first-order valence-electron chi connectivity index (χ1n) is 33.1. The molecule has 0 saturated heterocycles. The van der Waals surface area contributed by atoms with Crippen molar-refractivity contribution in [1.29, 1.82) is 0 Å². The summed E-state index contributed by atoms with van der Waals surface area (Å²) in [5, 5.41) is 10.5. The molecule has 0 fully saturated rings. The Bertz CT molecular complexity index is 1600. The molecule has 2 unspecified atom stereocenters. The summed E-state index contributed by atoms with van der Waals surface area (Å²) in [6.45, 7) is 7.13. The van der Waals surface area contributed by atoms with Gasteiger partial charge in [0.15, 0.2) is 12.2 Å². The highest BCUT2D eigenvalue weighted by Gasteiger charge is 2.30. The summed E-state index contributed by atoms with van der Waals surface area (Å²) >= 11 is 0. The van der Waals surface area contributed by atoms with E-state index in [0.717, 1.165) is 109 Å². The number of phosphoric acid groups is 2. The Kier molecular flexibility index (Phi) is 55.5. The van der Waals surface area contributed by atoms with Crippen molar-refractivity contribution in [1.82, 2.24) is 0 Å². The number of rotatable bonds is 63. The second-order valence-electron chi connectivity index (χ2n) is 23.3. The molecule has 0 amide bonds. The molecule has 0 radical (unpaired) electrons. The van der Waals surface area contributed by atoms with E-state index in [1.165, 1.54) is 128 Å². The minimum atomic E-state index is -4.94. The van der Waals surface area contributed by atoms with E-state index in [1.807, 2.05) is 0 Å². The van der Waals surface area contributed by atoms with Crippen molar-refractivity contribution in [2.75, 3.05) is 39.6 Å². The molecule has 0 spiro atoms. The molecule has 486 valence electrons. The van der Waals surface area contributed by atoms with Crippen LogP contribution in [-0.2, 0) is 65.4 Å². The molecule has 0 aromatic rings. The first kappa shape index (κ1) is 80.1. The maximum absolute atomic E-state index is 13.0. The fraction of sp³-hybridized carbons (Fsp3) is 0.937. The van der Waals surface area contributed by atoms with Crippen LogP contribution in [0.15, 0.2) is 0 Å². The number of ether oxygens (including phenoxy) is 4. The molecular weight excluding hydrogens is 1090 g/mol. The summed E-state index contributed by atoms with van der Waals surface area (Å²) in [5.41, 5.74) is 0. The molecule has 0 aromatic carbocycles. The monoisotopic (exact) mass is 1210 g/mol. The number of carbonyl (C=O) groups excluding carboxylic acids is 4. The molecule has 19 heteroatoms. The predicted octanol–water partition coefficient (Wildman–Crippen LogP) is 17.4. The average molecular weight is 1210 g/mol. The van der Waals surface area contributed by atoms with Crippen LogP contribution in [0.4, 0.5) is 0 Å². The van der Waals surface area contributed by atoms with Gasteiger partial charge in [-0.2, -0.15) is 0 Å². The smallest absolute Gasteiger partial charge is 0.462 e. The summed E-state index contributed by atoms with van der Waals surface area (Å²) in [6.07, 6.45) is 40.3. The molecule has 0 aliphatic rings. The Balaban J connectivity index is 5.22. The van der Waals surface area contributed by atoms with E-state index in [4.69, 9.17) is 37.0 Å². The lowest BCUT2D eigenvalue weighted by molar-refractivity contribution is -0.161. The third-order valence-corrected chi connectivity index (χ3v) is 16.4. The number of esters is 4. The highest BCUT2D eigenvalue weighted by Crippen LogP contribution is 2.45. The lowest BCUT2D eigenvalue weighted by atomic mass is 10.0. The summed E-state index contributed by atoms with van der Waals surface area (Å²) < 4.78 is 67.9. The zero-order valence-corrected chi connectivity index (χ0v) is 54.4. The number of aliphatic hydroxyl groups excluding tert-OH is 1. The largest absolute Gasteiger partial charge is 0.472 e. The van der Waals surface area contributed by atoms with Crippen LogP contribution in [0.5, 0.6) is 0 Å². The predicted molar refractivity (Wildman–Crippen MR) is 326 cm³/mol. The molecule has 0 aromatic heterocycles. The highest BCUT2D eigenvalue weighted by molar-refractivity contribution is 7.47. The number of aliphatic hydroxyl groups is 1. The Labute approximate surface area is 498 Å². The van der Waals surface area contributed by atoms with Crippen LogP contribution >= 0.6 is 15.6 Å². The summed E-state index contributed by atoms with van der Waals surface area (Å²) in [5.74, 6) is -1.38. The molecule has 5 atom stereocenters. The quantitative estimate of drug-likeness (QED) is 0.0222. The van der Waals surface area contributed by atoms with Crippen molar-refractivity contribution >= 4 is 39.5 Å². The van der Waals surface area contributed by atoms with E-state index in [-0.39, 0.29) is 25.7 Å². The average Bonchev–Trinajstić information content (AvgIpc) is 3.44. The first-order valence-corrected chi connectivity index (χ1v) is 36.1. The summed E-state index contributed by atoms with van der Waals surface area (Å²) in [6, 6.07) is 0. The minimum absolute atomic E-state index is 0.106. The Morgan fingerprint density at radius 1 is 0.329 bits per heavy atom. The number of carbonyl (C=O) groups is 4. The van der Waals surface area contributed by atoms with Crippen LogP contribution in [0.2, 0.25) is 0 Å².